The van der Waals surface area contributed by atoms with E-state index in [1.165, 1.54) is 19.3 Å². The molecule has 1 fully saturated rings. The fourth-order valence-electron chi connectivity index (χ4n) is 2.79. The summed E-state index contributed by atoms with van der Waals surface area (Å²) in [7, 11) is 0. The van der Waals surface area contributed by atoms with Gasteiger partial charge in [0.25, 0.3) is 0 Å². The molecule has 0 spiro atoms. The number of nitrogens with zero attached hydrogens (tertiary/aromatic N) is 1. The van der Waals surface area contributed by atoms with Gasteiger partial charge in [0.1, 0.15) is 0 Å². The highest BCUT2D eigenvalue weighted by atomic mass is 35.5. The van der Waals surface area contributed by atoms with Crippen LogP contribution >= 0.6 is 23.2 Å². The van der Waals surface area contributed by atoms with E-state index in [1.54, 1.807) is 12.1 Å². The van der Waals surface area contributed by atoms with Gasteiger partial charge in [-0.25, -0.2) is 0 Å². The fourth-order valence-corrected chi connectivity index (χ4v) is 3.37. The van der Waals surface area contributed by atoms with E-state index in [0.29, 0.717) is 22.6 Å². The lowest BCUT2D eigenvalue weighted by atomic mass is 10.0. The zero-order valence-corrected chi connectivity index (χ0v) is 14.0. The topological polar surface area (TPSA) is 32.3 Å². The van der Waals surface area contributed by atoms with Gasteiger partial charge >= 0.3 is 0 Å². The number of carbonyl (C=O) groups is 1. The summed E-state index contributed by atoms with van der Waals surface area (Å²) in [5.41, 5.74) is 0.890. The minimum Gasteiger partial charge on any atom is -0.348 e. The lowest BCUT2D eigenvalue weighted by Crippen LogP contribution is -2.44. The lowest BCUT2D eigenvalue weighted by Gasteiger charge is -2.33. The third kappa shape index (κ3) is 4.60. The minimum absolute atomic E-state index is 0.0438. The molecule has 0 aliphatic carbocycles. The molecule has 5 heteroatoms. The van der Waals surface area contributed by atoms with Gasteiger partial charge in [0.05, 0.1) is 12.6 Å². The summed E-state index contributed by atoms with van der Waals surface area (Å²) >= 11 is 12.1. The van der Waals surface area contributed by atoms with Crippen LogP contribution in [-0.4, -0.2) is 29.9 Å². The Balaban J connectivity index is 1.92. The molecule has 21 heavy (non-hydrogen) atoms. The molecule has 1 aromatic carbocycles. The molecule has 1 aliphatic rings. The molecule has 1 N–H and O–H groups in total. The van der Waals surface area contributed by atoms with Crippen molar-refractivity contribution in [2.75, 3.05) is 13.1 Å². The van der Waals surface area contributed by atoms with Crippen LogP contribution in [-0.2, 0) is 4.79 Å². The molecule has 2 unspecified atom stereocenters. The zero-order valence-electron chi connectivity index (χ0n) is 12.5. The van der Waals surface area contributed by atoms with Gasteiger partial charge < -0.3 is 5.32 Å². The number of hydrogen-bond acceptors (Lipinski definition) is 2. The molecule has 116 valence electrons. The number of carbonyl (C=O) groups excluding carboxylic acids is 1. The Labute approximate surface area is 136 Å². The van der Waals surface area contributed by atoms with E-state index >= 15 is 0 Å². The standard InChI is InChI=1S/C16H22Cl2N2O/c1-11-5-3-4-8-20(11)10-16(21)19-12(2)14-7-6-13(17)9-15(14)18/h6-7,9,11-12H,3-5,8,10H2,1-2H3,(H,19,21). The summed E-state index contributed by atoms with van der Waals surface area (Å²) in [6, 6.07) is 5.71. The molecule has 0 aromatic heterocycles. The van der Waals surface area contributed by atoms with Crippen LogP contribution in [0.2, 0.25) is 10.0 Å². The van der Waals surface area contributed by atoms with Gasteiger partial charge in [0.2, 0.25) is 5.91 Å². The second kappa shape index (κ2) is 7.48. The van der Waals surface area contributed by atoms with Crippen LogP contribution in [0, 0.1) is 0 Å². The SMILES string of the molecule is CC(NC(=O)CN1CCCCC1C)c1ccc(Cl)cc1Cl. The van der Waals surface area contributed by atoms with E-state index in [-0.39, 0.29) is 11.9 Å². The second-order valence-electron chi connectivity index (χ2n) is 5.77. The Morgan fingerprint density at radius 1 is 1.43 bits per heavy atom. The van der Waals surface area contributed by atoms with Gasteiger partial charge in [-0.15, -0.1) is 0 Å². The summed E-state index contributed by atoms with van der Waals surface area (Å²) in [6.07, 6.45) is 3.61. The van der Waals surface area contributed by atoms with Crippen LogP contribution in [0.25, 0.3) is 0 Å². The van der Waals surface area contributed by atoms with E-state index < -0.39 is 0 Å². The molecule has 0 radical (unpaired) electrons. The number of nitrogens with one attached hydrogen (secondary N) is 1. The molecule has 2 atom stereocenters. The van der Waals surface area contributed by atoms with Gasteiger partial charge in [-0.2, -0.15) is 0 Å². The fraction of sp³-hybridized carbons (Fsp3) is 0.562. The Morgan fingerprint density at radius 2 is 2.19 bits per heavy atom. The first-order valence-corrected chi connectivity index (χ1v) is 8.21. The maximum atomic E-state index is 12.2. The molecule has 1 heterocycles. The van der Waals surface area contributed by atoms with Crippen molar-refractivity contribution < 1.29 is 4.79 Å². The third-order valence-corrected chi connectivity index (χ3v) is 4.66. The van der Waals surface area contributed by atoms with E-state index in [1.807, 2.05) is 13.0 Å². The van der Waals surface area contributed by atoms with Crippen molar-refractivity contribution in [3.8, 4) is 0 Å². The summed E-state index contributed by atoms with van der Waals surface area (Å²) in [5.74, 6) is 0.0438. The Bertz CT molecular complexity index is 507. The molecule has 2 rings (SSSR count). The smallest absolute Gasteiger partial charge is 0.234 e. The molecule has 0 bridgehead atoms. The Morgan fingerprint density at radius 3 is 2.86 bits per heavy atom. The first-order valence-electron chi connectivity index (χ1n) is 7.45. The van der Waals surface area contributed by atoms with E-state index in [0.717, 1.165) is 12.1 Å². The number of rotatable bonds is 4. The highest BCUT2D eigenvalue weighted by molar-refractivity contribution is 6.35. The number of halogens is 2. The van der Waals surface area contributed by atoms with Crippen molar-refractivity contribution >= 4 is 29.1 Å². The molecule has 1 aromatic rings. The monoisotopic (exact) mass is 328 g/mol. The molecule has 1 amide bonds. The maximum absolute atomic E-state index is 12.2. The van der Waals surface area contributed by atoms with Crippen molar-refractivity contribution in [1.29, 1.82) is 0 Å². The van der Waals surface area contributed by atoms with Crippen molar-refractivity contribution in [1.82, 2.24) is 10.2 Å². The Hall–Kier alpha value is -0.770. The summed E-state index contributed by atoms with van der Waals surface area (Å²) in [6.45, 7) is 5.58. The van der Waals surface area contributed by atoms with Crippen LogP contribution in [0.15, 0.2) is 18.2 Å². The highest BCUT2D eigenvalue weighted by Gasteiger charge is 2.21. The van der Waals surface area contributed by atoms with Gasteiger partial charge in [0, 0.05) is 16.1 Å². The zero-order chi connectivity index (χ0) is 15.4. The molecule has 1 aliphatic heterocycles. The number of piperidine rings is 1. The van der Waals surface area contributed by atoms with Gasteiger partial charge in [-0.05, 0) is 50.9 Å². The van der Waals surface area contributed by atoms with Gasteiger partial charge in [-0.1, -0.05) is 35.7 Å². The molecular weight excluding hydrogens is 307 g/mol. The number of benzene rings is 1. The highest BCUT2D eigenvalue weighted by Crippen LogP contribution is 2.26. The number of hydrogen-bond donors (Lipinski definition) is 1. The average Bonchev–Trinajstić information content (AvgIpc) is 2.41. The lowest BCUT2D eigenvalue weighted by molar-refractivity contribution is -0.123. The van der Waals surface area contributed by atoms with Crippen LogP contribution in [0.5, 0.6) is 0 Å². The number of likely N-dealkylation sites (tertiary alicyclic amines) is 1. The minimum atomic E-state index is -0.123. The van der Waals surface area contributed by atoms with Crippen molar-refractivity contribution in [3.63, 3.8) is 0 Å². The molecule has 3 nitrogen and oxygen atoms in total. The van der Waals surface area contributed by atoms with E-state index in [4.69, 9.17) is 23.2 Å². The van der Waals surface area contributed by atoms with Crippen LogP contribution in [0.1, 0.15) is 44.7 Å². The number of amides is 1. The van der Waals surface area contributed by atoms with Crippen LogP contribution in [0.3, 0.4) is 0 Å². The largest absolute Gasteiger partial charge is 0.348 e. The summed E-state index contributed by atoms with van der Waals surface area (Å²) in [4.78, 5) is 14.4. The van der Waals surface area contributed by atoms with Crippen molar-refractivity contribution in [2.45, 2.75) is 45.2 Å². The van der Waals surface area contributed by atoms with Crippen LogP contribution in [0.4, 0.5) is 0 Å². The summed E-state index contributed by atoms with van der Waals surface area (Å²) in [5, 5.41) is 4.20. The van der Waals surface area contributed by atoms with Gasteiger partial charge in [-0.3, -0.25) is 9.69 Å². The quantitative estimate of drug-likeness (QED) is 0.904. The average molecular weight is 329 g/mol. The Kier molecular flexibility index (Phi) is 5.91. The van der Waals surface area contributed by atoms with Crippen molar-refractivity contribution in [3.05, 3.63) is 33.8 Å². The first-order chi connectivity index (χ1) is 9.97. The first kappa shape index (κ1) is 16.6. The van der Waals surface area contributed by atoms with E-state index in [9.17, 15) is 4.79 Å². The third-order valence-electron chi connectivity index (χ3n) is 4.09. The predicted molar refractivity (Wildman–Crippen MR) is 87.9 cm³/mol. The molecule has 0 saturated carbocycles. The normalized spacial score (nSPS) is 21.0. The molecular formula is C16H22Cl2N2O. The second-order valence-corrected chi connectivity index (χ2v) is 6.61. The maximum Gasteiger partial charge on any atom is 0.234 e. The van der Waals surface area contributed by atoms with Crippen LogP contribution < -0.4 is 5.32 Å². The summed E-state index contributed by atoms with van der Waals surface area (Å²) < 4.78 is 0. The molecule has 1 saturated heterocycles. The van der Waals surface area contributed by atoms with Gasteiger partial charge in [0.15, 0.2) is 0 Å². The van der Waals surface area contributed by atoms with E-state index in [2.05, 4.69) is 17.1 Å². The van der Waals surface area contributed by atoms with Crippen molar-refractivity contribution in [2.24, 2.45) is 0 Å². The predicted octanol–water partition coefficient (Wildman–Crippen LogP) is 4.05.